The Balaban J connectivity index is 1.77. The molecule has 2 amide bonds. The molecule has 0 unspecified atom stereocenters. The maximum absolute atomic E-state index is 13.3. The maximum atomic E-state index is 13.3. The molecule has 0 bridgehead atoms. The van der Waals surface area contributed by atoms with Gasteiger partial charge in [-0.1, -0.05) is 11.6 Å². The van der Waals surface area contributed by atoms with E-state index in [9.17, 15) is 9.59 Å². The third-order valence-electron chi connectivity index (χ3n) is 5.02. The Morgan fingerprint density at radius 1 is 1.28 bits per heavy atom. The van der Waals surface area contributed by atoms with Gasteiger partial charge in [-0.3, -0.25) is 9.59 Å². The number of likely N-dealkylation sites (tertiary alicyclic amines) is 1. The Morgan fingerprint density at radius 2 is 1.96 bits per heavy atom. The molecule has 0 aliphatic carbocycles. The highest BCUT2D eigenvalue weighted by atomic mass is 35.5. The minimum atomic E-state index is -0.878. The number of nitrogens with one attached hydrogen (secondary N) is 2. The predicted molar refractivity (Wildman–Crippen MR) is 95.7 cm³/mol. The molecule has 2 N–H and O–H groups in total. The number of hydrogen-bond donors (Lipinski definition) is 2. The van der Waals surface area contributed by atoms with Crippen molar-refractivity contribution in [1.82, 2.24) is 15.5 Å². The summed E-state index contributed by atoms with van der Waals surface area (Å²) in [6.07, 6.45) is 1.91. The van der Waals surface area contributed by atoms with E-state index in [2.05, 4.69) is 10.6 Å². The van der Waals surface area contributed by atoms with E-state index in [0.29, 0.717) is 43.1 Å². The van der Waals surface area contributed by atoms with Gasteiger partial charge in [-0.2, -0.15) is 0 Å². The van der Waals surface area contributed by atoms with Crippen molar-refractivity contribution in [2.45, 2.75) is 24.9 Å². The number of carbonyl (C=O) groups excluding carboxylic acids is 2. The van der Waals surface area contributed by atoms with Crippen LogP contribution < -0.4 is 15.4 Å². The van der Waals surface area contributed by atoms with Crippen molar-refractivity contribution in [2.75, 3.05) is 33.2 Å². The first kappa shape index (κ1) is 18.0. The highest BCUT2D eigenvalue weighted by molar-refractivity contribution is 6.30. The zero-order chi connectivity index (χ0) is 17.9. The lowest BCUT2D eigenvalue weighted by atomic mass is 9.90. The Hall–Kier alpha value is -1.79. The monoisotopic (exact) mass is 365 g/mol. The summed E-state index contributed by atoms with van der Waals surface area (Å²) in [6.45, 7) is 2.51. The number of hydrogen-bond acceptors (Lipinski definition) is 4. The number of halogens is 1. The molecule has 25 heavy (non-hydrogen) atoms. The van der Waals surface area contributed by atoms with E-state index < -0.39 is 5.60 Å². The van der Waals surface area contributed by atoms with Crippen LogP contribution in [-0.2, 0) is 9.59 Å². The van der Waals surface area contributed by atoms with E-state index >= 15 is 0 Å². The van der Waals surface area contributed by atoms with E-state index in [1.807, 2.05) is 0 Å². The molecule has 0 aromatic heterocycles. The number of ether oxygens (including phenoxy) is 1. The van der Waals surface area contributed by atoms with Gasteiger partial charge in [-0.25, -0.2) is 0 Å². The second kappa shape index (κ2) is 7.62. The lowest BCUT2D eigenvalue weighted by Crippen LogP contribution is -2.57. The normalized spacial score (nSPS) is 22.5. The Bertz CT molecular complexity index is 629. The number of nitrogens with zero attached hydrogens (tertiary/aromatic N) is 1. The topological polar surface area (TPSA) is 70.7 Å². The van der Waals surface area contributed by atoms with Crippen molar-refractivity contribution >= 4 is 23.4 Å². The van der Waals surface area contributed by atoms with Gasteiger partial charge >= 0.3 is 0 Å². The van der Waals surface area contributed by atoms with Crippen molar-refractivity contribution in [3.63, 3.8) is 0 Å². The first-order valence-electron chi connectivity index (χ1n) is 8.70. The van der Waals surface area contributed by atoms with Gasteiger partial charge in [0.15, 0.2) is 5.60 Å². The highest BCUT2D eigenvalue weighted by Crippen LogP contribution is 2.31. The summed E-state index contributed by atoms with van der Waals surface area (Å²) in [7, 11) is 1.63. The average Bonchev–Trinajstić information content (AvgIpc) is 3.13. The number of carbonyl (C=O) groups is 2. The molecule has 2 saturated heterocycles. The fraction of sp³-hybridized carbons (Fsp3) is 0.556. The largest absolute Gasteiger partial charge is 0.477 e. The van der Waals surface area contributed by atoms with Gasteiger partial charge in [0, 0.05) is 38.0 Å². The van der Waals surface area contributed by atoms with Crippen LogP contribution in [0.2, 0.25) is 5.02 Å². The molecular formula is C18H24ClN3O3. The molecule has 0 radical (unpaired) electrons. The fourth-order valence-electron chi connectivity index (χ4n) is 3.57. The summed E-state index contributed by atoms with van der Waals surface area (Å²) in [4.78, 5) is 26.9. The smallest absolute Gasteiger partial charge is 0.266 e. The lowest BCUT2D eigenvalue weighted by molar-refractivity contribution is -0.149. The minimum Gasteiger partial charge on any atom is -0.477 e. The first-order chi connectivity index (χ1) is 12.0. The first-order valence-corrected chi connectivity index (χ1v) is 9.08. The van der Waals surface area contributed by atoms with Gasteiger partial charge < -0.3 is 20.3 Å². The number of amides is 2. The highest BCUT2D eigenvalue weighted by Gasteiger charge is 2.46. The van der Waals surface area contributed by atoms with Crippen molar-refractivity contribution in [1.29, 1.82) is 0 Å². The van der Waals surface area contributed by atoms with Crippen molar-refractivity contribution < 1.29 is 14.3 Å². The molecule has 2 aliphatic rings. The van der Waals surface area contributed by atoms with Gasteiger partial charge in [0.1, 0.15) is 5.75 Å². The Kier molecular flexibility index (Phi) is 5.49. The van der Waals surface area contributed by atoms with E-state index in [4.69, 9.17) is 16.3 Å². The van der Waals surface area contributed by atoms with Crippen LogP contribution in [0.5, 0.6) is 5.75 Å². The SMILES string of the molecule is CNC(=O)[C@H]1CCN(C(=O)C2(Oc3ccc(Cl)cc3)CCNCC2)C1. The van der Waals surface area contributed by atoms with Gasteiger partial charge in [0.05, 0.1) is 5.92 Å². The van der Waals surface area contributed by atoms with Crippen LogP contribution in [0.25, 0.3) is 0 Å². The summed E-state index contributed by atoms with van der Waals surface area (Å²) < 4.78 is 6.20. The van der Waals surface area contributed by atoms with Gasteiger partial charge in [0.25, 0.3) is 5.91 Å². The summed E-state index contributed by atoms with van der Waals surface area (Å²) in [6, 6.07) is 7.09. The fourth-order valence-corrected chi connectivity index (χ4v) is 3.70. The van der Waals surface area contributed by atoms with Crippen LogP contribution in [-0.4, -0.2) is 55.5 Å². The molecule has 0 saturated carbocycles. The predicted octanol–water partition coefficient (Wildman–Crippen LogP) is 1.44. The number of piperidine rings is 1. The van der Waals surface area contributed by atoms with Gasteiger partial charge in [-0.05, 0) is 43.8 Å². The van der Waals surface area contributed by atoms with Gasteiger partial charge in [-0.15, -0.1) is 0 Å². The third-order valence-corrected chi connectivity index (χ3v) is 5.27. The quantitative estimate of drug-likeness (QED) is 0.847. The summed E-state index contributed by atoms with van der Waals surface area (Å²) in [5.74, 6) is 0.480. The van der Waals surface area contributed by atoms with Gasteiger partial charge in [0.2, 0.25) is 5.91 Å². The zero-order valence-corrected chi connectivity index (χ0v) is 15.1. The van der Waals surface area contributed by atoms with Crippen molar-refractivity contribution in [3.8, 4) is 5.75 Å². The summed E-state index contributed by atoms with van der Waals surface area (Å²) in [5.41, 5.74) is -0.878. The van der Waals surface area contributed by atoms with Crippen LogP contribution >= 0.6 is 11.6 Å². The van der Waals surface area contributed by atoms with Crippen LogP contribution in [0.15, 0.2) is 24.3 Å². The van der Waals surface area contributed by atoms with E-state index in [0.717, 1.165) is 13.1 Å². The van der Waals surface area contributed by atoms with E-state index in [1.165, 1.54) is 0 Å². The second-order valence-corrected chi connectivity index (χ2v) is 7.09. The van der Waals surface area contributed by atoms with Crippen LogP contribution in [0.1, 0.15) is 19.3 Å². The van der Waals surface area contributed by atoms with E-state index in [1.54, 1.807) is 36.2 Å². The molecule has 6 nitrogen and oxygen atoms in total. The molecule has 136 valence electrons. The van der Waals surface area contributed by atoms with Crippen molar-refractivity contribution in [3.05, 3.63) is 29.3 Å². The molecule has 2 aliphatic heterocycles. The van der Waals surface area contributed by atoms with Crippen LogP contribution in [0, 0.1) is 5.92 Å². The summed E-state index contributed by atoms with van der Waals surface area (Å²) in [5, 5.41) is 6.58. The molecule has 1 aromatic carbocycles. The zero-order valence-electron chi connectivity index (χ0n) is 14.4. The molecule has 1 atom stereocenters. The standard InChI is InChI=1S/C18H24ClN3O3/c1-20-16(23)13-6-11-22(12-13)17(24)18(7-9-21-10-8-18)25-15-4-2-14(19)3-5-15/h2-5,13,21H,6-12H2,1H3,(H,20,23)/t13-/m0/s1. The molecule has 2 heterocycles. The Morgan fingerprint density at radius 3 is 2.60 bits per heavy atom. The number of rotatable bonds is 4. The molecule has 1 aromatic rings. The molecule has 3 rings (SSSR count). The van der Waals surface area contributed by atoms with E-state index in [-0.39, 0.29) is 17.7 Å². The maximum Gasteiger partial charge on any atom is 0.266 e. The summed E-state index contributed by atoms with van der Waals surface area (Å²) >= 11 is 5.94. The molecular weight excluding hydrogens is 342 g/mol. The van der Waals surface area contributed by atoms with Crippen LogP contribution in [0.3, 0.4) is 0 Å². The molecule has 7 heteroatoms. The average molecular weight is 366 g/mol. The molecule has 2 fully saturated rings. The number of benzene rings is 1. The van der Waals surface area contributed by atoms with Crippen LogP contribution in [0.4, 0.5) is 0 Å². The minimum absolute atomic E-state index is 0.00622. The third kappa shape index (κ3) is 3.90. The Labute approximate surface area is 152 Å². The lowest BCUT2D eigenvalue weighted by Gasteiger charge is -2.39. The van der Waals surface area contributed by atoms with Crippen molar-refractivity contribution in [2.24, 2.45) is 5.92 Å². The molecule has 0 spiro atoms. The second-order valence-electron chi connectivity index (χ2n) is 6.65.